The molecule has 1 aromatic rings. The molecule has 1 aromatic heterocycles. The maximum atomic E-state index is 12.3. The van der Waals surface area contributed by atoms with Crippen LogP contribution in [-0.2, 0) is 16.1 Å². The van der Waals surface area contributed by atoms with Gasteiger partial charge in [-0.15, -0.1) is 0 Å². The predicted molar refractivity (Wildman–Crippen MR) is 73.6 cm³/mol. The summed E-state index contributed by atoms with van der Waals surface area (Å²) in [6.45, 7) is 6.68. The van der Waals surface area contributed by atoms with E-state index in [-0.39, 0.29) is 18.1 Å². The molecule has 5 heteroatoms. The van der Waals surface area contributed by atoms with E-state index < -0.39 is 0 Å². The van der Waals surface area contributed by atoms with E-state index >= 15 is 0 Å². The highest BCUT2D eigenvalue weighted by Crippen LogP contribution is 2.14. The van der Waals surface area contributed by atoms with Crippen LogP contribution in [0.15, 0.2) is 16.5 Å². The highest BCUT2D eigenvalue weighted by molar-refractivity contribution is 5.77. The normalized spacial score (nSPS) is 12.7. The van der Waals surface area contributed by atoms with Crippen molar-refractivity contribution in [1.29, 1.82) is 0 Å². The summed E-state index contributed by atoms with van der Waals surface area (Å²) >= 11 is 0. The fraction of sp³-hybridized carbons (Fsp3) is 0.643. The third kappa shape index (κ3) is 4.69. The van der Waals surface area contributed by atoms with Crippen LogP contribution < -0.4 is 5.73 Å². The maximum Gasteiger partial charge on any atom is 0.225 e. The third-order valence-electron chi connectivity index (χ3n) is 3.06. The van der Waals surface area contributed by atoms with Gasteiger partial charge in [-0.3, -0.25) is 4.79 Å². The number of hydrogen-bond acceptors (Lipinski definition) is 4. The lowest BCUT2D eigenvalue weighted by Crippen LogP contribution is -2.39. The van der Waals surface area contributed by atoms with Gasteiger partial charge in [0.05, 0.1) is 19.1 Å². The van der Waals surface area contributed by atoms with E-state index in [4.69, 9.17) is 14.9 Å². The Kier molecular flexibility index (Phi) is 6.05. The van der Waals surface area contributed by atoms with Crippen molar-refractivity contribution < 1.29 is 13.9 Å². The topological polar surface area (TPSA) is 68.7 Å². The Bertz CT molecular complexity index is 397. The van der Waals surface area contributed by atoms with E-state index in [9.17, 15) is 4.79 Å². The zero-order valence-electron chi connectivity index (χ0n) is 12.2. The minimum Gasteiger partial charge on any atom is -0.464 e. The number of carbonyl (C=O) groups excluding carboxylic acids is 1. The first kappa shape index (κ1) is 15.7. The first-order valence-electron chi connectivity index (χ1n) is 6.55. The summed E-state index contributed by atoms with van der Waals surface area (Å²) < 4.78 is 10.7. The Morgan fingerprint density at radius 3 is 2.58 bits per heavy atom. The quantitative estimate of drug-likeness (QED) is 0.817. The molecular formula is C14H24N2O3. The monoisotopic (exact) mass is 268 g/mol. The molecule has 0 saturated carbocycles. The molecule has 0 radical (unpaired) electrons. The van der Waals surface area contributed by atoms with Crippen molar-refractivity contribution in [3.05, 3.63) is 23.7 Å². The number of hydrogen-bond donors (Lipinski definition) is 1. The Balaban J connectivity index is 2.69. The Hall–Kier alpha value is -1.33. The first-order valence-corrected chi connectivity index (χ1v) is 6.55. The second-order valence-electron chi connectivity index (χ2n) is 4.93. The smallest absolute Gasteiger partial charge is 0.225 e. The van der Waals surface area contributed by atoms with Gasteiger partial charge < -0.3 is 19.8 Å². The van der Waals surface area contributed by atoms with Crippen LogP contribution in [0.5, 0.6) is 0 Å². The van der Waals surface area contributed by atoms with Gasteiger partial charge in [0.25, 0.3) is 0 Å². The van der Waals surface area contributed by atoms with Crippen LogP contribution in [-0.4, -0.2) is 36.6 Å². The molecule has 0 aliphatic carbocycles. The average molecular weight is 268 g/mol. The van der Waals surface area contributed by atoms with Gasteiger partial charge in [0.1, 0.15) is 11.5 Å². The van der Waals surface area contributed by atoms with Crippen molar-refractivity contribution in [1.82, 2.24) is 4.90 Å². The molecule has 1 unspecified atom stereocenters. The van der Waals surface area contributed by atoms with Crippen LogP contribution in [0.4, 0.5) is 0 Å². The molecular weight excluding hydrogens is 244 g/mol. The van der Waals surface area contributed by atoms with Gasteiger partial charge in [-0.2, -0.15) is 0 Å². The number of rotatable bonds is 7. The second kappa shape index (κ2) is 7.31. The molecule has 5 nitrogen and oxygen atoms in total. The standard InChI is InChI=1S/C14H24N2O3/c1-10(2)16(9-12-6-5-11(3)19-12)14(17)7-13(8-15)18-4/h5-6,10,13H,7-9,15H2,1-4H3. The molecule has 2 N–H and O–H groups in total. The van der Waals surface area contributed by atoms with Gasteiger partial charge in [-0.25, -0.2) is 0 Å². The molecule has 1 rings (SSSR count). The maximum absolute atomic E-state index is 12.3. The van der Waals surface area contributed by atoms with Crippen LogP contribution in [0.1, 0.15) is 31.8 Å². The summed E-state index contributed by atoms with van der Waals surface area (Å²) in [7, 11) is 1.57. The van der Waals surface area contributed by atoms with Crippen LogP contribution in [0, 0.1) is 6.92 Å². The van der Waals surface area contributed by atoms with Crippen LogP contribution in [0.25, 0.3) is 0 Å². The van der Waals surface area contributed by atoms with E-state index in [0.717, 1.165) is 11.5 Å². The fourth-order valence-corrected chi connectivity index (χ4v) is 1.87. The summed E-state index contributed by atoms with van der Waals surface area (Å²) in [5.74, 6) is 1.67. The molecule has 0 aromatic carbocycles. The van der Waals surface area contributed by atoms with Gasteiger partial charge in [0.15, 0.2) is 0 Å². The number of carbonyl (C=O) groups is 1. The lowest BCUT2D eigenvalue weighted by atomic mass is 10.2. The molecule has 1 heterocycles. The summed E-state index contributed by atoms with van der Waals surface area (Å²) in [4.78, 5) is 14.1. The minimum absolute atomic E-state index is 0.0290. The van der Waals surface area contributed by atoms with E-state index in [1.54, 1.807) is 12.0 Å². The van der Waals surface area contributed by atoms with Crippen molar-refractivity contribution in [3.63, 3.8) is 0 Å². The number of amides is 1. The number of methoxy groups -OCH3 is 1. The van der Waals surface area contributed by atoms with Gasteiger partial charge in [-0.1, -0.05) is 0 Å². The highest BCUT2D eigenvalue weighted by Gasteiger charge is 2.21. The van der Waals surface area contributed by atoms with Crippen molar-refractivity contribution in [2.45, 2.75) is 45.9 Å². The van der Waals surface area contributed by atoms with Gasteiger partial charge >= 0.3 is 0 Å². The molecule has 19 heavy (non-hydrogen) atoms. The molecule has 0 aliphatic heterocycles. The molecule has 0 spiro atoms. The molecule has 0 saturated heterocycles. The van der Waals surface area contributed by atoms with E-state index in [0.29, 0.717) is 19.5 Å². The second-order valence-corrected chi connectivity index (χ2v) is 4.93. The van der Waals surface area contributed by atoms with Crippen molar-refractivity contribution in [3.8, 4) is 0 Å². The lowest BCUT2D eigenvalue weighted by molar-refractivity contribution is -0.136. The number of furan rings is 1. The van der Waals surface area contributed by atoms with E-state index in [1.807, 2.05) is 32.9 Å². The Morgan fingerprint density at radius 2 is 2.16 bits per heavy atom. The predicted octanol–water partition coefficient (Wildman–Crippen LogP) is 1.69. The summed E-state index contributed by atoms with van der Waals surface area (Å²) in [5, 5.41) is 0. The zero-order chi connectivity index (χ0) is 14.4. The summed E-state index contributed by atoms with van der Waals surface area (Å²) in [5.41, 5.74) is 5.55. The van der Waals surface area contributed by atoms with Crippen LogP contribution in [0.3, 0.4) is 0 Å². The van der Waals surface area contributed by atoms with Gasteiger partial charge in [0.2, 0.25) is 5.91 Å². The van der Waals surface area contributed by atoms with E-state index in [2.05, 4.69) is 0 Å². The van der Waals surface area contributed by atoms with Crippen molar-refractivity contribution in [2.24, 2.45) is 5.73 Å². The first-order chi connectivity index (χ1) is 8.97. The largest absolute Gasteiger partial charge is 0.464 e. The van der Waals surface area contributed by atoms with Gasteiger partial charge in [-0.05, 0) is 32.9 Å². The van der Waals surface area contributed by atoms with Gasteiger partial charge in [0, 0.05) is 19.7 Å². The number of nitrogens with two attached hydrogens (primary N) is 1. The van der Waals surface area contributed by atoms with Crippen molar-refractivity contribution in [2.75, 3.05) is 13.7 Å². The highest BCUT2D eigenvalue weighted by atomic mass is 16.5. The molecule has 108 valence electrons. The number of nitrogens with zero attached hydrogens (tertiary/aromatic N) is 1. The summed E-state index contributed by atoms with van der Waals surface area (Å²) in [6, 6.07) is 3.90. The SMILES string of the molecule is COC(CN)CC(=O)N(Cc1ccc(C)o1)C(C)C. The van der Waals surface area contributed by atoms with Crippen LogP contribution in [0.2, 0.25) is 0 Å². The fourth-order valence-electron chi connectivity index (χ4n) is 1.87. The Labute approximate surface area is 114 Å². The van der Waals surface area contributed by atoms with E-state index in [1.165, 1.54) is 0 Å². The minimum atomic E-state index is -0.230. The Morgan fingerprint density at radius 1 is 1.47 bits per heavy atom. The lowest BCUT2D eigenvalue weighted by Gasteiger charge is -2.27. The summed E-state index contributed by atoms with van der Waals surface area (Å²) in [6.07, 6.45) is 0.0669. The van der Waals surface area contributed by atoms with Crippen LogP contribution >= 0.6 is 0 Å². The third-order valence-corrected chi connectivity index (χ3v) is 3.06. The molecule has 0 aliphatic rings. The molecule has 1 atom stereocenters. The zero-order valence-corrected chi connectivity index (χ0v) is 12.2. The number of aryl methyl sites for hydroxylation is 1. The molecule has 1 amide bonds. The average Bonchev–Trinajstić information content (AvgIpc) is 2.78. The molecule has 0 fully saturated rings. The number of ether oxygens (including phenoxy) is 1. The molecule has 0 bridgehead atoms. The van der Waals surface area contributed by atoms with Crippen molar-refractivity contribution >= 4 is 5.91 Å².